The Hall–Kier alpha value is -1.94. The maximum atomic E-state index is 12.5. The van der Waals surface area contributed by atoms with E-state index >= 15 is 0 Å². The van der Waals surface area contributed by atoms with Crippen LogP contribution in [0, 0.1) is 0 Å². The summed E-state index contributed by atoms with van der Waals surface area (Å²) in [5.41, 5.74) is 7.44. The molecule has 0 spiro atoms. The minimum absolute atomic E-state index is 0.115. The molecule has 1 saturated carbocycles. The van der Waals surface area contributed by atoms with Gasteiger partial charge in [-0.15, -0.1) is 0 Å². The number of halogens is 1. The molecule has 1 heterocycles. The highest BCUT2D eigenvalue weighted by Gasteiger charge is 2.34. The second-order valence-corrected chi connectivity index (χ2v) is 5.38. The maximum Gasteiger partial charge on any atom is 0.290 e. The van der Waals surface area contributed by atoms with Gasteiger partial charge in [-0.3, -0.25) is 4.79 Å². The first-order valence-electron chi connectivity index (χ1n) is 6.54. The Morgan fingerprint density at radius 3 is 2.50 bits per heavy atom. The molecule has 104 valence electrons. The second kappa shape index (κ2) is 5.21. The van der Waals surface area contributed by atoms with Crippen LogP contribution in [0.15, 0.2) is 40.8 Å². The van der Waals surface area contributed by atoms with Crippen molar-refractivity contribution in [2.45, 2.75) is 25.4 Å². The molecule has 1 aromatic carbocycles. The maximum absolute atomic E-state index is 12.5. The molecule has 1 aliphatic carbocycles. The molecule has 4 nitrogen and oxygen atoms in total. The fourth-order valence-electron chi connectivity index (χ4n) is 2.14. The van der Waals surface area contributed by atoms with Gasteiger partial charge in [-0.2, -0.15) is 0 Å². The van der Waals surface area contributed by atoms with Gasteiger partial charge in [0.1, 0.15) is 0 Å². The first kappa shape index (κ1) is 13.1. The summed E-state index contributed by atoms with van der Waals surface area (Å²) in [6, 6.07) is 11.1. The van der Waals surface area contributed by atoms with Gasteiger partial charge in [0.25, 0.3) is 5.91 Å². The van der Waals surface area contributed by atoms with E-state index in [1.807, 2.05) is 29.2 Å². The van der Waals surface area contributed by atoms with E-state index in [-0.39, 0.29) is 16.9 Å². The van der Waals surface area contributed by atoms with Crippen molar-refractivity contribution >= 4 is 23.2 Å². The van der Waals surface area contributed by atoms with Crippen molar-refractivity contribution in [3.8, 4) is 0 Å². The van der Waals surface area contributed by atoms with E-state index in [9.17, 15) is 4.79 Å². The SMILES string of the molecule is Nc1ccc(CN(C(=O)c2ccc(Cl)o2)C2CC2)cc1. The van der Waals surface area contributed by atoms with Gasteiger partial charge in [-0.25, -0.2) is 0 Å². The number of anilines is 1. The highest BCUT2D eigenvalue weighted by molar-refractivity contribution is 6.29. The summed E-state index contributed by atoms with van der Waals surface area (Å²) in [4.78, 5) is 14.3. The number of rotatable bonds is 4. The van der Waals surface area contributed by atoms with E-state index in [0.717, 1.165) is 24.1 Å². The molecule has 1 amide bonds. The Morgan fingerprint density at radius 1 is 1.25 bits per heavy atom. The summed E-state index contributed by atoms with van der Waals surface area (Å²) in [5, 5.41) is 0.233. The van der Waals surface area contributed by atoms with E-state index in [2.05, 4.69) is 0 Å². The van der Waals surface area contributed by atoms with Crippen LogP contribution in [0.3, 0.4) is 0 Å². The summed E-state index contributed by atoms with van der Waals surface area (Å²) in [6.45, 7) is 0.558. The summed E-state index contributed by atoms with van der Waals surface area (Å²) < 4.78 is 5.22. The zero-order chi connectivity index (χ0) is 14.1. The minimum atomic E-state index is -0.115. The lowest BCUT2D eigenvalue weighted by atomic mass is 10.2. The second-order valence-electron chi connectivity index (χ2n) is 5.01. The number of carbonyl (C=O) groups excluding carboxylic acids is 1. The van der Waals surface area contributed by atoms with Gasteiger partial charge in [0, 0.05) is 18.3 Å². The average Bonchev–Trinajstić information content (AvgIpc) is 3.19. The van der Waals surface area contributed by atoms with Crippen LogP contribution in [0.25, 0.3) is 0 Å². The van der Waals surface area contributed by atoms with Gasteiger partial charge < -0.3 is 15.1 Å². The van der Waals surface area contributed by atoms with Gasteiger partial charge >= 0.3 is 0 Å². The summed E-state index contributed by atoms with van der Waals surface area (Å²) in [5.74, 6) is 0.175. The highest BCUT2D eigenvalue weighted by Crippen LogP contribution is 2.30. The number of benzene rings is 1. The third-order valence-electron chi connectivity index (χ3n) is 3.37. The molecule has 1 aliphatic rings. The molecule has 2 aromatic rings. The first-order chi connectivity index (χ1) is 9.63. The average molecular weight is 291 g/mol. The van der Waals surface area contributed by atoms with Gasteiger partial charge in [-0.05, 0) is 54.3 Å². The number of hydrogen-bond acceptors (Lipinski definition) is 3. The molecule has 0 radical (unpaired) electrons. The summed E-state index contributed by atoms with van der Waals surface area (Å²) in [6.07, 6.45) is 2.07. The summed E-state index contributed by atoms with van der Waals surface area (Å²) >= 11 is 5.73. The molecule has 20 heavy (non-hydrogen) atoms. The van der Waals surface area contributed by atoms with Crippen molar-refractivity contribution in [3.63, 3.8) is 0 Å². The van der Waals surface area contributed by atoms with Crippen LogP contribution >= 0.6 is 11.6 Å². The van der Waals surface area contributed by atoms with Gasteiger partial charge in [0.05, 0.1) is 0 Å². The quantitative estimate of drug-likeness (QED) is 0.879. The molecule has 1 fully saturated rings. The van der Waals surface area contributed by atoms with Crippen molar-refractivity contribution < 1.29 is 9.21 Å². The topological polar surface area (TPSA) is 59.5 Å². The number of carbonyl (C=O) groups is 1. The zero-order valence-electron chi connectivity index (χ0n) is 10.9. The Morgan fingerprint density at radius 2 is 1.95 bits per heavy atom. The lowest BCUT2D eigenvalue weighted by Crippen LogP contribution is -2.32. The smallest absolute Gasteiger partial charge is 0.290 e. The van der Waals surface area contributed by atoms with Crippen LogP contribution in [0.5, 0.6) is 0 Å². The van der Waals surface area contributed by atoms with Crippen LogP contribution in [0.2, 0.25) is 5.22 Å². The molecule has 2 N–H and O–H groups in total. The number of nitrogens with zero attached hydrogens (tertiary/aromatic N) is 1. The lowest BCUT2D eigenvalue weighted by Gasteiger charge is -2.21. The predicted molar refractivity (Wildman–Crippen MR) is 77.5 cm³/mol. The molecule has 5 heteroatoms. The molecule has 0 bridgehead atoms. The largest absolute Gasteiger partial charge is 0.440 e. The molecule has 0 aliphatic heterocycles. The van der Waals surface area contributed by atoms with Crippen LogP contribution in [0.4, 0.5) is 5.69 Å². The van der Waals surface area contributed by atoms with Crippen molar-refractivity contribution in [2.24, 2.45) is 0 Å². The van der Waals surface area contributed by atoms with Crippen LogP contribution in [0.1, 0.15) is 29.0 Å². The fraction of sp³-hybridized carbons (Fsp3) is 0.267. The third-order valence-corrected chi connectivity index (χ3v) is 3.57. The molecule has 1 aromatic heterocycles. The Kier molecular flexibility index (Phi) is 3.40. The van der Waals surface area contributed by atoms with Gasteiger partial charge in [-0.1, -0.05) is 12.1 Å². The fourth-order valence-corrected chi connectivity index (χ4v) is 2.29. The van der Waals surface area contributed by atoms with E-state index < -0.39 is 0 Å². The number of hydrogen-bond donors (Lipinski definition) is 1. The van der Waals surface area contributed by atoms with Crippen molar-refractivity contribution in [1.82, 2.24) is 4.90 Å². The Labute approximate surface area is 122 Å². The third kappa shape index (κ3) is 2.80. The number of furan rings is 1. The Bertz CT molecular complexity index is 617. The zero-order valence-corrected chi connectivity index (χ0v) is 11.6. The minimum Gasteiger partial charge on any atom is -0.440 e. The highest BCUT2D eigenvalue weighted by atomic mass is 35.5. The molecule has 3 rings (SSSR count). The monoisotopic (exact) mass is 290 g/mol. The molecular formula is C15H15ClN2O2. The van der Waals surface area contributed by atoms with E-state index in [0.29, 0.717) is 12.6 Å². The number of nitrogens with two attached hydrogens (primary N) is 1. The normalized spacial score (nSPS) is 14.2. The molecular weight excluding hydrogens is 276 g/mol. The molecule has 0 unspecified atom stereocenters. The van der Waals surface area contributed by atoms with Crippen LogP contribution in [-0.2, 0) is 6.54 Å². The van der Waals surface area contributed by atoms with E-state index in [1.54, 1.807) is 12.1 Å². The van der Waals surface area contributed by atoms with Crippen LogP contribution in [-0.4, -0.2) is 16.8 Å². The first-order valence-corrected chi connectivity index (χ1v) is 6.92. The molecule has 0 saturated heterocycles. The summed E-state index contributed by atoms with van der Waals surface area (Å²) in [7, 11) is 0. The standard InChI is InChI=1S/C15H15ClN2O2/c16-14-8-7-13(20-14)15(19)18(12-5-6-12)9-10-1-3-11(17)4-2-10/h1-4,7-8,12H,5-6,9,17H2. The predicted octanol–water partition coefficient (Wildman–Crippen LogP) is 3.32. The lowest BCUT2D eigenvalue weighted by molar-refractivity contribution is 0.0697. The van der Waals surface area contributed by atoms with Crippen LogP contribution < -0.4 is 5.73 Å². The van der Waals surface area contributed by atoms with Crippen molar-refractivity contribution in [1.29, 1.82) is 0 Å². The molecule has 0 atom stereocenters. The van der Waals surface area contributed by atoms with Crippen molar-refractivity contribution in [2.75, 3.05) is 5.73 Å². The van der Waals surface area contributed by atoms with Gasteiger partial charge in [0.2, 0.25) is 0 Å². The number of nitrogen functional groups attached to an aromatic ring is 1. The van der Waals surface area contributed by atoms with Crippen molar-refractivity contribution in [3.05, 3.63) is 52.9 Å². The van der Waals surface area contributed by atoms with Gasteiger partial charge in [0.15, 0.2) is 11.0 Å². The number of amides is 1. The van der Waals surface area contributed by atoms with E-state index in [1.165, 1.54) is 0 Å². The Balaban J connectivity index is 1.79. The van der Waals surface area contributed by atoms with E-state index in [4.69, 9.17) is 21.8 Å².